The van der Waals surface area contributed by atoms with Crippen molar-refractivity contribution in [2.45, 2.75) is 13.1 Å². The average Bonchev–Trinajstić information content (AvgIpc) is 2.62. The molecule has 3 rings (SSSR count). The molecule has 3 aromatic rings. The number of halogens is 1. The molecule has 2 aromatic carbocycles. The second-order valence-electron chi connectivity index (χ2n) is 5.52. The van der Waals surface area contributed by atoms with Crippen molar-refractivity contribution in [2.75, 3.05) is 0 Å². The third-order valence-electron chi connectivity index (χ3n) is 3.67. The van der Waals surface area contributed by atoms with Gasteiger partial charge in [-0.15, -0.1) is 0 Å². The Morgan fingerprint density at radius 2 is 1.42 bits per heavy atom. The van der Waals surface area contributed by atoms with E-state index in [1.54, 1.807) is 18.5 Å². The Labute approximate surface area is 150 Å². The molecule has 0 radical (unpaired) electrons. The molecule has 0 fully saturated rings. The van der Waals surface area contributed by atoms with Crippen LogP contribution in [0.15, 0.2) is 83.6 Å². The van der Waals surface area contributed by atoms with Gasteiger partial charge in [0.25, 0.3) is 5.91 Å². The monoisotopic (exact) mass is 380 g/mol. The summed E-state index contributed by atoms with van der Waals surface area (Å²) in [6.45, 7) is 1.11. The highest BCUT2D eigenvalue weighted by atomic mass is 79.9. The fraction of sp³-hybridized carbons (Fsp3) is 0.100. The van der Waals surface area contributed by atoms with Crippen LogP contribution in [-0.2, 0) is 13.1 Å². The maximum absolute atomic E-state index is 13.0. The van der Waals surface area contributed by atoms with Crippen LogP contribution in [0.3, 0.4) is 0 Å². The van der Waals surface area contributed by atoms with Gasteiger partial charge in [0.15, 0.2) is 0 Å². The fourth-order valence-electron chi connectivity index (χ4n) is 2.52. The average molecular weight is 381 g/mol. The standard InChI is InChI=1S/C20H17BrN2O/c21-19-11-18(12-22-13-19)20(24)23(14-16-7-3-1-4-8-16)15-17-9-5-2-6-10-17/h1-13H,14-15H2. The zero-order chi connectivity index (χ0) is 16.8. The van der Waals surface area contributed by atoms with E-state index in [1.165, 1.54) is 0 Å². The van der Waals surface area contributed by atoms with E-state index in [1.807, 2.05) is 65.6 Å². The van der Waals surface area contributed by atoms with Gasteiger partial charge in [-0.05, 0) is 33.1 Å². The smallest absolute Gasteiger partial charge is 0.256 e. The molecule has 0 aliphatic carbocycles. The van der Waals surface area contributed by atoms with Gasteiger partial charge in [0.2, 0.25) is 0 Å². The number of benzene rings is 2. The number of rotatable bonds is 5. The largest absolute Gasteiger partial charge is 0.330 e. The van der Waals surface area contributed by atoms with Gasteiger partial charge < -0.3 is 4.90 Å². The number of carbonyl (C=O) groups excluding carboxylic acids is 1. The SMILES string of the molecule is O=C(c1cncc(Br)c1)N(Cc1ccccc1)Cc1ccccc1. The molecular weight excluding hydrogens is 364 g/mol. The lowest BCUT2D eigenvalue weighted by Crippen LogP contribution is -2.30. The lowest BCUT2D eigenvalue weighted by molar-refractivity contribution is 0.0729. The van der Waals surface area contributed by atoms with Crippen molar-refractivity contribution in [1.82, 2.24) is 9.88 Å². The third-order valence-corrected chi connectivity index (χ3v) is 4.11. The summed E-state index contributed by atoms with van der Waals surface area (Å²) in [4.78, 5) is 18.9. The summed E-state index contributed by atoms with van der Waals surface area (Å²) < 4.78 is 0.799. The molecule has 120 valence electrons. The zero-order valence-corrected chi connectivity index (χ0v) is 14.7. The second-order valence-corrected chi connectivity index (χ2v) is 6.44. The van der Waals surface area contributed by atoms with E-state index >= 15 is 0 Å². The van der Waals surface area contributed by atoms with Crippen LogP contribution in [0.4, 0.5) is 0 Å². The van der Waals surface area contributed by atoms with Gasteiger partial charge in [-0.1, -0.05) is 60.7 Å². The van der Waals surface area contributed by atoms with Gasteiger partial charge in [0.05, 0.1) is 5.56 Å². The minimum absolute atomic E-state index is 0.0310. The molecule has 4 heteroatoms. The molecule has 0 aliphatic rings. The van der Waals surface area contributed by atoms with Gasteiger partial charge in [0.1, 0.15) is 0 Å². The normalized spacial score (nSPS) is 10.4. The summed E-state index contributed by atoms with van der Waals surface area (Å²) in [5.41, 5.74) is 2.78. The van der Waals surface area contributed by atoms with E-state index in [9.17, 15) is 4.79 Å². The Kier molecular flexibility index (Phi) is 5.39. The van der Waals surface area contributed by atoms with Crippen molar-refractivity contribution in [3.63, 3.8) is 0 Å². The van der Waals surface area contributed by atoms with Gasteiger partial charge in [-0.25, -0.2) is 0 Å². The van der Waals surface area contributed by atoms with Crippen molar-refractivity contribution in [3.8, 4) is 0 Å². The molecule has 24 heavy (non-hydrogen) atoms. The molecule has 0 bridgehead atoms. The summed E-state index contributed by atoms with van der Waals surface area (Å²) in [5.74, 6) is -0.0310. The summed E-state index contributed by atoms with van der Waals surface area (Å²) in [7, 11) is 0. The van der Waals surface area contributed by atoms with Crippen molar-refractivity contribution in [2.24, 2.45) is 0 Å². The molecule has 0 aliphatic heterocycles. The zero-order valence-electron chi connectivity index (χ0n) is 13.1. The number of amides is 1. The molecular formula is C20H17BrN2O. The summed E-state index contributed by atoms with van der Waals surface area (Å²) in [6, 6.07) is 21.8. The van der Waals surface area contributed by atoms with Gasteiger partial charge >= 0.3 is 0 Å². The Hall–Kier alpha value is -2.46. The molecule has 0 saturated carbocycles. The molecule has 1 aromatic heterocycles. The van der Waals surface area contributed by atoms with Crippen LogP contribution in [0.1, 0.15) is 21.5 Å². The predicted octanol–water partition coefficient (Wildman–Crippen LogP) is 4.69. The Morgan fingerprint density at radius 1 is 0.875 bits per heavy atom. The number of hydrogen-bond acceptors (Lipinski definition) is 2. The van der Waals surface area contributed by atoms with E-state index in [0.717, 1.165) is 15.6 Å². The minimum atomic E-state index is -0.0310. The molecule has 3 nitrogen and oxygen atoms in total. The van der Waals surface area contributed by atoms with E-state index < -0.39 is 0 Å². The number of carbonyl (C=O) groups is 1. The molecule has 1 heterocycles. The van der Waals surface area contributed by atoms with Crippen LogP contribution in [0.25, 0.3) is 0 Å². The Balaban J connectivity index is 1.87. The molecule has 0 N–H and O–H groups in total. The van der Waals surface area contributed by atoms with Crippen LogP contribution in [0, 0.1) is 0 Å². The van der Waals surface area contributed by atoms with E-state index in [-0.39, 0.29) is 5.91 Å². The summed E-state index contributed by atoms with van der Waals surface area (Å²) >= 11 is 3.38. The highest BCUT2D eigenvalue weighted by Gasteiger charge is 2.17. The van der Waals surface area contributed by atoms with Crippen LogP contribution < -0.4 is 0 Å². The molecule has 0 atom stereocenters. The lowest BCUT2D eigenvalue weighted by Gasteiger charge is -2.23. The number of nitrogens with zero attached hydrogens (tertiary/aromatic N) is 2. The summed E-state index contributed by atoms with van der Waals surface area (Å²) in [5, 5.41) is 0. The molecule has 0 unspecified atom stereocenters. The van der Waals surface area contributed by atoms with Crippen molar-refractivity contribution in [3.05, 3.63) is 100 Å². The van der Waals surface area contributed by atoms with E-state index in [2.05, 4.69) is 20.9 Å². The highest BCUT2D eigenvalue weighted by Crippen LogP contribution is 2.16. The Bertz CT molecular complexity index is 765. The van der Waals surface area contributed by atoms with Crippen molar-refractivity contribution < 1.29 is 4.79 Å². The van der Waals surface area contributed by atoms with Crippen LogP contribution in [0.2, 0.25) is 0 Å². The van der Waals surface area contributed by atoms with Crippen LogP contribution >= 0.6 is 15.9 Å². The maximum atomic E-state index is 13.0. The first-order valence-corrected chi connectivity index (χ1v) is 8.49. The minimum Gasteiger partial charge on any atom is -0.330 e. The van der Waals surface area contributed by atoms with Crippen molar-refractivity contribution >= 4 is 21.8 Å². The topological polar surface area (TPSA) is 33.2 Å². The number of hydrogen-bond donors (Lipinski definition) is 0. The molecule has 0 saturated heterocycles. The number of pyridine rings is 1. The van der Waals surface area contributed by atoms with Crippen LogP contribution in [0.5, 0.6) is 0 Å². The van der Waals surface area contributed by atoms with Gasteiger partial charge in [0, 0.05) is 30.0 Å². The second kappa shape index (κ2) is 7.88. The fourth-order valence-corrected chi connectivity index (χ4v) is 2.88. The molecule has 0 spiro atoms. The van der Waals surface area contributed by atoms with Crippen molar-refractivity contribution in [1.29, 1.82) is 0 Å². The third kappa shape index (κ3) is 4.30. The van der Waals surface area contributed by atoms with E-state index in [0.29, 0.717) is 18.7 Å². The first-order chi connectivity index (χ1) is 11.7. The Morgan fingerprint density at radius 3 is 1.92 bits per heavy atom. The first kappa shape index (κ1) is 16.4. The lowest BCUT2D eigenvalue weighted by atomic mass is 10.1. The maximum Gasteiger partial charge on any atom is 0.256 e. The van der Waals surface area contributed by atoms with E-state index in [4.69, 9.17) is 0 Å². The van der Waals surface area contributed by atoms with Crippen LogP contribution in [-0.4, -0.2) is 15.8 Å². The first-order valence-electron chi connectivity index (χ1n) is 7.70. The van der Waals surface area contributed by atoms with Gasteiger partial charge in [-0.3, -0.25) is 9.78 Å². The predicted molar refractivity (Wildman–Crippen MR) is 98.4 cm³/mol. The summed E-state index contributed by atoms with van der Waals surface area (Å²) in [6.07, 6.45) is 3.28. The molecule has 1 amide bonds. The number of aromatic nitrogens is 1. The highest BCUT2D eigenvalue weighted by molar-refractivity contribution is 9.10. The van der Waals surface area contributed by atoms with Gasteiger partial charge in [-0.2, -0.15) is 0 Å². The quantitative estimate of drug-likeness (QED) is 0.643.